The number of nitrogens with one attached hydrogen (secondary N) is 1. The molecule has 0 radical (unpaired) electrons. The first-order valence-electron chi connectivity index (χ1n) is 9.18. The second kappa shape index (κ2) is 8.52. The molecule has 144 valence electrons. The van der Waals surface area contributed by atoms with Crippen molar-refractivity contribution in [3.05, 3.63) is 76.1 Å². The molecule has 28 heavy (non-hydrogen) atoms. The van der Waals surface area contributed by atoms with Crippen LogP contribution in [-0.4, -0.2) is 23.1 Å². The lowest BCUT2D eigenvalue weighted by Crippen LogP contribution is -2.23. The van der Waals surface area contributed by atoms with Gasteiger partial charge in [-0.1, -0.05) is 25.5 Å². The van der Waals surface area contributed by atoms with Crippen LogP contribution in [0.15, 0.2) is 59.5 Å². The van der Waals surface area contributed by atoms with E-state index in [9.17, 15) is 14.4 Å². The normalized spacial score (nSPS) is 10.6. The van der Waals surface area contributed by atoms with Crippen molar-refractivity contribution in [2.75, 3.05) is 11.9 Å². The highest BCUT2D eigenvalue weighted by molar-refractivity contribution is 6.06. The number of aryl methyl sites for hydroxylation is 1. The fourth-order valence-corrected chi connectivity index (χ4v) is 2.88. The Morgan fingerprint density at radius 3 is 2.50 bits per heavy atom. The molecule has 0 spiro atoms. The van der Waals surface area contributed by atoms with Crippen LogP contribution in [0.5, 0.6) is 0 Å². The van der Waals surface area contributed by atoms with Crippen LogP contribution in [0, 0.1) is 0 Å². The maximum atomic E-state index is 12.6. The highest BCUT2D eigenvalue weighted by Gasteiger charge is 2.15. The van der Waals surface area contributed by atoms with Gasteiger partial charge < -0.3 is 14.6 Å². The lowest BCUT2D eigenvalue weighted by molar-refractivity contribution is 0.0499. The average Bonchev–Trinajstić information content (AvgIpc) is 2.71. The summed E-state index contributed by atoms with van der Waals surface area (Å²) in [6, 6.07) is 13.5. The lowest BCUT2D eigenvalue weighted by Gasteiger charge is -2.10. The summed E-state index contributed by atoms with van der Waals surface area (Å²) in [5.41, 5.74) is 1.41. The number of ether oxygens (including phenoxy) is 1. The van der Waals surface area contributed by atoms with Crippen LogP contribution < -0.4 is 10.7 Å². The Balaban J connectivity index is 1.77. The number of amides is 1. The summed E-state index contributed by atoms with van der Waals surface area (Å²) in [6.07, 6.45) is 3.30. The maximum Gasteiger partial charge on any atom is 0.338 e. The van der Waals surface area contributed by atoms with E-state index in [2.05, 4.69) is 5.32 Å². The Morgan fingerprint density at radius 1 is 1.07 bits per heavy atom. The summed E-state index contributed by atoms with van der Waals surface area (Å²) in [5.74, 6) is -0.889. The second-order valence-corrected chi connectivity index (χ2v) is 6.52. The van der Waals surface area contributed by atoms with Gasteiger partial charge >= 0.3 is 5.97 Å². The van der Waals surface area contributed by atoms with Crippen LogP contribution in [0.2, 0.25) is 0 Å². The van der Waals surface area contributed by atoms with E-state index >= 15 is 0 Å². The zero-order valence-electron chi connectivity index (χ0n) is 15.9. The molecule has 1 N–H and O–H groups in total. The summed E-state index contributed by atoms with van der Waals surface area (Å²) in [7, 11) is 1.79. The van der Waals surface area contributed by atoms with Crippen LogP contribution in [0.25, 0.3) is 10.9 Å². The molecule has 1 aromatic heterocycles. The molecule has 0 aliphatic carbocycles. The fraction of sp³-hybridized carbons (Fsp3) is 0.227. The van der Waals surface area contributed by atoms with Crippen molar-refractivity contribution in [1.29, 1.82) is 0 Å². The van der Waals surface area contributed by atoms with Gasteiger partial charge in [0.1, 0.15) is 5.56 Å². The number of para-hydroxylation sites is 1. The van der Waals surface area contributed by atoms with Gasteiger partial charge in [0.25, 0.3) is 5.91 Å². The topological polar surface area (TPSA) is 77.4 Å². The number of anilines is 1. The van der Waals surface area contributed by atoms with Crippen molar-refractivity contribution in [2.24, 2.45) is 7.05 Å². The minimum Gasteiger partial charge on any atom is -0.462 e. The predicted molar refractivity (Wildman–Crippen MR) is 109 cm³/mol. The van der Waals surface area contributed by atoms with E-state index in [-0.39, 0.29) is 11.0 Å². The lowest BCUT2D eigenvalue weighted by atomic mass is 10.1. The van der Waals surface area contributed by atoms with E-state index in [1.165, 1.54) is 6.20 Å². The third-order valence-electron chi connectivity index (χ3n) is 4.45. The number of rotatable bonds is 6. The van der Waals surface area contributed by atoms with Crippen LogP contribution >= 0.6 is 0 Å². The van der Waals surface area contributed by atoms with E-state index in [1.807, 2.05) is 19.1 Å². The largest absolute Gasteiger partial charge is 0.462 e. The molecule has 1 heterocycles. The second-order valence-electron chi connectivity index (χ2n) is 6.52. The van der Waals surface area contributed by atoms with Crippen molar-refractivity contribution in [2.45, 2.75) is 19.8 Å². The van der Waals surface area contributed by atoms with Gasteiger partial charge in [0.15, 0.2) is 0 Å². The van der Waals surface area contributed by atoms with Crippen LogP contribution in [0.1, 0.15) is 40.5 Å². The quantitative estimate of drug-likeness (QED) is 0.523. The van der Waals surface area contributed by atoms with Gasteiger partial charge in [-0.15, -0.1) is 0 Å². The Labute approximate surface area is 162 Å². The smallest absolute Gasteiger partial charge is 0.338 e. The first-order valence-corrected chi connectivity index (χ1v) is 9.18. The average molecular weight is 378 g/mol. The van der Waals surface area contributed by atoms with Crippen LogP contribution in [0.3, 0.4) is 0 Å². The molecule has 6 heteroatoms. The summed E-state index contributed by atoms with van der Waals surface area (Å²) in [6.45, 7) is 2.41. The maximum absolute atomic E-state index is 12.6. The zero-order chi connectivity index (χ0) is 20.1. The standard InChI is InChI=1S/C22H22N2O4/c1-3-4-13-28-22(27)15-9-11-16(12-10-15)23-21(26)18-14-24(2)19-8-6-5-7-17(19)20(18)25/h5-12,14H,3-4,13H2,1-2H3,(H,23,26). The number of carbonyl (C=O) groups is 2. The number of fused-ring (bicyclic) bond motifs is 1. The predicted octanol–water partition coefficient (Wildman–Crippen LogP) is 3.75. The first-order chi connectivity index (χ1) is 13.5. The van der Waals surface area contributed by atoms with E-state index in [4.69, 9.17) is 4.74 Å². The summed E-state index contributed by atoms with van der Waals surface area (Å²) < 4.78 is 6.91. The highest BCUT2D eigenvalue weighted by Crippen LogP contribution is 2.14. The SMILES string of the molecule is CCCCOC(=O)c1ccc(NC(=O)c2cn(C)c3ccccc3c2=O)cc1. The fourth-order valence-electron chi connectivity index (χ4n) is 2.88. The summed E-state index contributed by atoms with van der Waals surface area (Å²) >= 11 is 0. The van der Waals surface area contributed by atoms with Gasteiger partial charge in [0, 0.05) is 24.3 Å². The monoisotopic (exact) mass is 378 g/mol. The number of benzene rings is 2. The van der Waals surface area contributed by atoms with Gasteiger partial charge in [-0.3, -0.25) is 9.59 Å². The molecule has 0 bridgehead atoms. The van der Waals surface area contributed by atoms with E-state index < -0.39 is 11.9 Å². The van der Waals surface area contributed by atoms with Gasteiger partial charge in [0.2, 0.25) is 5.43 Å². The van der Waals surface area contributed by atoms with Gasteiger partial charge in [-0.05, 0) is 42.8 Å². The van der Waals surface area contributed by atoms with Crippen molar-refractivity contribution in [3.8, 4) is 0 Å². The number of hydrogen-bond acceptors (Lipinski definition) is 4. The summed E-state index contributed by atoms with van der Waals surface area (Å²) in [5, 5.41) is 3.19. The number of carbonyl (C=O) groups excluding carboxylic acids is 2. The molecule has 0 fully saturated rings. The first kappa shape index (κ1) is 19.4. The van der Waals surface area contributed by atoms with Gasteiger partial charge in [-0.2, -0.15) is 0 Å². The molecule has 3 aromatic rings. The number of nitrogens with zero attached hydrogens (tertiary/aromatic N) is 1. The van der Waals surface area contributed by atoms with Gasteiger partial charge in [0.05, 0.1) is 17.7 Å². The Bertz CT molecular complexity index is 1070. The molecule has 0 atom stereocenters. The van der Waals surface area contributed by atoms with Crippen LogP contribution in [-0.2, 0) is 11.8 Å². The Hall–Kier alpha value is -3.41. The van der Waals surface area contributed by atoms with E-state index in [0.717, 1.165) is 18.4 Å². The molecule has 6 nitrogen and oxygen atoms in total. The third-order valence-corrected chi connectivity index (χ3v) is 4.45. The van der Waals surface area contributed by atoms with E-state index in [1.54, 1.807) is 48.0 Å². The Morgan fingerprint density at radius 2 is 1.79 bits per heavy atom. The molecule has 1 amide bonds. The number of esters is 1. The molecular formula is C22H22N2O4. The highest BCUT2D eigenvalue weighted by atomic mass is 16.5. The minimum atomic E-state index is -0.496. The Kier molecular flexibility index (Phi) is 5.89. The molecule has 0 saturated heterocycles. The molecule has 0 saturated carbocycles. The number of aromatic nitrogens is 1. The molecule has 0 aliphatic heterocycles. The summed E-state index contributed by atoms with van der Waals surface area (Å²) in [4.78, 5) is 37.2. The van der Waals surface area contributed by atoms with E-state index in [0.29, 0.717) is 23.2 Å². The zero-order valence-corrected chi connectivity index (χ0v) is 15.9. The number of hydrogen-bond donors (Lipinski definition) is 1. The number of pyridine rings is 1. The van der Waals surface area contributed by atoms with Crippen molar-refractivity contribution in [3.63, 3.8) is 0 Å². The van der Waals surface area contributed by atoms with Crippen molar-refractivity contribution < 1.29 is 14.3 Å². The van der Waals surface area contributed by atoms with Crippen LogP contribution in [0.4, 0.5) is 5.69 Å². The third kappa shape index (κ3) is 4.11. The minimum absolute atomic E-state index is 0.0595. The van der Waals surface area contributed by atoms with Crippen molar-refractivity contribution in [1.82, 2.24) is 4.57 Å². The molecule has 0 unspecified atom stereocenters. The molecule has 2 aromatic carbocycles. The molecular weight excluding hydrogens is 356 g/mol. The van der Waals surface area contributed by atoms with Gasteiger partial charge in [-0.25, -0.2) is 4.79 Å². The van der Waals surface area contributed by atoms with Crippen molar-refractivity contribution >= 4 is 28.5 Å². The molecule has 3 rings (SSSR count). The number of unbranched alkanes of at least 4 members (excludes halogenated alkanes) is 1. The molecule has 0 aliphatic rings.